The predicted molar refractivity (Wildman–Crippen MR) is 61.3 cm³/mol. The molecule has 1 heterocycles. The number of carbonyl (C=O) groups is 1. The largest absolute Gasteiger partial charge is 0.493 e. The Hall–Kier alpha value is -1.16. The van der Waals surface area contributed by atoms with Gasteiger partial charge in [-0.2, -0.15) is 12.6 Å². The van der Waals surface area contributed by atoms with E-state index in [0.717, 1.165) is 24.3 Å². The number of nitrogens with one attached hydrogen (secondary N) is 1. The molecule has 0 fully saturated rings. The Bertz CT molecular complexity index is 379. The summed E-state index contributed by atoms with van der Waals surface area (Å²) in [4.78, 5) is 11.0. The third kappa shape index (κ3) is 2.45. The lowest BCUT2D eigenvalue weighted by Gasteiger charge is -2.05. The molecule has 15 heavy (non-hydrogen) atoms. The first-order chi connectivity index (χ1) is 7.29. The van der Waals surface area contributed by atoms with Crippen LogP contribution in [0.25, 0.3) is 0 Å². The Balaban J connectivity index is 2.01. The highest BCUT2D eigenvalue weighted by atomic mass is 32.1. The molecular formula is C11H13NO2S. The van der Waals surface area contributed by atoms with Crippen LogP contribution in [-0.4, -0.2) is 18.3 Å². The van der Waals surface area contributed by atoms with E-state index in [0.29, 0.717) is 6.54 Å². The van der Waals surface area contributed by atoms with E-state index in [4.69, 9.17) is 4.74 Å². The molecule has 0 aromatic heterocycles. The molecule has 1 aromatic rings. The summed E-state index contributed by atoms with van der Waals surface area (Å²) in [6, 6.07) is 6.02. The van der Waals surface area contributed by atoms with Gasteiger partial charge in [0.25, 0.3) is 0 Å². The van der Waals surface area contributed by atoms with Gasteiger partial charge in [0.1, 0.15) is 5.75 Å². The van der Waals surface area contributed by atoms with Crippen LogP contribution in [0.5, 0.6) is 5.75 Å². The average molecular weight is 223 g/mol. The van der Waals surface area contributed by atoms with Gasteiger partial charge in [-0.3, -0.25) is 4.79 Å². The minimum absolute atomic E-state index is 0.0462. The highest BCUT2D eigenvalue weighted by Crippen LogP contribution is 2.25. The standard InChI is InChI=1S/C11H13NO2S/c13-11(7-15)12-6-8-1-2-10-9(5-8)3-4-14-10/h1-2,5,15H,3-4,6-7H2,(H,12,13). The molecule has 0 saturated carbocycles. The molecule has 0 bridgehead atoms. The Kier molecular flexibility index (Phi) is 3.16. The van der Waals surface area contributed by atoms with Crippen LogP contribution in [0.15, 0.2) is 18.2 Å². The van der Waals surface area contributed by atoms with E-state index >= 15 is 0 Å². The van der Waals surface area contributed by atoms with Crippen molar-refractivity contribution in [2.75, 3.05) is 12.4 Å². The van der Waals surface area contributed by atoms with Gasteiger partial charge in [-0.05, 0) is 17.2 Å². The summed E-state index contributed by atoms with van der Waals surface area (Å²) in [5, 5.41) is 2.78. The minimum atomic E-state index is -0.0462. The van der Waals surface area contributed by atoms with Gasteiger partial charge in [-0.15, -0.1) is 0 Å². The van der Waals surface area contributed by atoms with Crippen molar-refractivity contribution in [3.63, 3.8) is 0 Å². The fourth-order valence-corrected chi connectivity index (χ4v) is 1.72. The molecule has 0 spiro atoms. The summed E-state index contributed by atoms with van der Waals surface area (Å²) in [5.74, 6) is 1.16. The topological polar surface area (TPSA) is 38.3 Å². The Morgan fingerprint density at radius 2 is 2.40 bits per heavy atom. The molecule has 3 nitrogen and oxygen atoms in total. The monoisotopic (exact) mass is 223 g/mol. The molecule has 0 radical (unpaired) electrons. The molecule has 1 aromatic carbocycles. The highest BCUT2D eigenvalue weighted by Gasteiger charge is 2.11. The highest BCUT2D eigenvalue weighted by molar-refractivity contribution is 7.81. The fraction of sp³-hybridized carbons (Fsp3) is 0.364. The summed E-state index contributed by atoms with van der Waals surface area (Å²) in [6.07, 6.45) is 0.962. The maximum atomic E-state index is 11.0. The SMILES string of the molecule is O=C(CS)NCc1ccc2c(c1)CCO2. The van der Waals surface area contributed by atoms with Crippen molar-refractivity contribution >= 4 is 18.5 Å². The fourth-order valence-electron chi connectivity index (χ4n) is 1.61. The molecule has 0 atom stereocenters. The Morgan fingerprint density at radius 1 is 1.53 bits per heavy atom. The summed E-state index contributed by atoms with van der Waals surface area (Å²) >= 11 is 3.89. The summed E-state index contributed by atoms with van der Waals surface area (Å²) in [6.45, 7) is 1.33. The van der Waals surface area contributed by atoms with Gasteiger partial charge in [-0.1, -0.05) is 12.1 Å². The minimum Gasteiger partial charge on any atom is -0.493 e. The predicted octanol–water partition coefficient (Wildman–Crippen LogP) is 1.17. The van der Waals surface area contributed by atoms with Gasteiger partial charge in [-0.25, -0.2) is 0 Å². The molecule has 0 aliphatic carbocycles. The first kappa shape index (κ1) is 10.4. The normalized spacial score (nSPS) is 13.1. The first-order valence-corrected chi connectivity index (χ1v) is 5.55. The molecule has 0 saturated heterocycles. The van der Waals surface area contributed by atoms with Crippen molar-refractivity contribution in [2.45, 2.75) is 13.0 Å². The number of ether oxygens (including phenoxy) is 1. The Morgan fingerprint density at radius 3 is 3.20 bits per heavy atom. The van der Waals surface area contributed by atoms with Crippen LogP contribution in [0.4, 0.5) is 0 Å². The van der Waals surface area contributed by atoms with Crippen LogP contribution in [0, 0.1) is 0 Å². The number of fused-ring (bicyclic) bond motifs is 1. The molecule has 4 heteroatoms. The van der Waals surface area contributed by atoms with E-state index in [1.165, 1.54) is 5.56 Å². The van der Waals surface area contributed by atoms with Gasteiger partial charge >= 0.3 is 0 Å². The number of thiol groups is 1. The van der Waals surface area contributed by atoms with E-state index in [1.54, 1.807) is 0 Å². The lowest BCUT2D eigenvalue weighted by molar-refractivity contribution is -0.118. The number of hydrogen-bond acceptors (Lipinski definition) is 3. The van der Waals surface area contributed by atoms with Crippen LogP contribution in [0.2, 0.25) is 0 Å². The van der Waals surface area contributed by atoms with Crippen LogP contribution >= 0.6 is 12.6 Å². The zero-order valence-corrected chi connectivity index (χ0v) is 9.22. The van der Waals surface area contributed by atoms with Crippen molar-refractivity contribution in [1.29, 1.82) is 0 Å². The maximum Gasteiger partial charge on any atom is 0.229 e. The molecule has 80 valence electrons. The third-order valence-electron chi connectivity index (χ3n) is 2.39. The van der Waals surface area contributed by atoms with Gasteiger partial charge in [0, 0.05) is 13.0 Å². The number of rotatable bonds is 3. The van der Waals surface area contributed by atoms with Crippen molar-refractivity contribution < 1.29 is 9.53 Å². The third-order valence-corrected chi connectivity index (χ3v) is 2.67. The molecule has 1 N–H and O–H groups in total. The molecule has 1 aliphatic rings. The average Bonchev–Trinajstić information content (AvgIpc) is 2.72. The van der Waals surface area contributed by atoms with E-state index in [-0.39, 0.29) is 11.7 Å². The van der Waals surface area contributed by atoms with Crippen LogP contribution in [0.1, 0.15) is 11.1 Å². The maximum absolute atomic E-state index is 11.0. The molecule has 1 amide bonds. The summed E-state index contributed by atoms with van der Waals surface area (Å²) in [7, 11) is 0. The van der Waals surface area contributed by atoms with Gasteiger partial charge in [0.2, 0.25) is 5.91 Å². The van der Waals surface area contributed by atoms with E-state index < -0.39 is 0 Å². The van der Waals surface area contributed by atoms with Crippen LogP contribution in [0.3, 0.4) is 0 Å². The first-order valence-electron chi connectivity index (χ1n) is 4.92. The second-order valence-corrected chi connectivity index (χ2v) is 3.79. The Labute approximate surface area is 94.2 Å². The lowest BCUT2D eigenvalue weighted by atomic mass is 10.1. The number of amides is 1. The molecular weight excluding hydrogens is 210 g/mol. The zero-order chi connectivity index (χ0) is 10.7. The molecule has 1 aliphatic heterocycles. The van der Waals surface area contributed by atoms with Crippen molar-refractivity contribution in [3.05, 3.63) is 29.3 Å². The second kappa shape index (κ2) is 4.57. The summed E-state index contributed by atoms with van der Waals surface area (Å²) in [5.41, 5.74) is 2.34. The molecule has 0 unspecified atom stereocenters. The quantitative estimate of drug-likeness (QED) is 0.755. The van der Waals surface area contributed by atoms with E-state index in [1.807, 2.05) is 12.1 Å². The second-order valence-electron chi connectivity index (χ2n) is 3.48. The van der Waals surface area contributed by atoms with Crippen LogP contribution in [-0.2, 0) is 17.8 Å². The zero-order valence-electron chi connectivity index (χ0n) is 8.32. The van der Waals surface area contributed by atoms with Gasteiger partial charge in [0.15, 0.2) is 0 Å². The number of hydrogen-bond donors (Lipinski definition) is 2. The van der Waals surface area contributed by atoms with Crippen molar-refractivity contribution in [1.82, 2.24) is 5.32 Å². The van der Waals surface area contributed by atoms with Crippen LogP contribution < -0.4 is 10.1 Å². The number of benzene rings is 1. The number of carbonyl (C=O) groups excluding carboxylic acids is 1. The van der Waals surface area contributed by atoms with Crippen molar-refractivity contribution in [3.8, 4) is 5.75 Å². The smallest absolute Gasteiger partial charge is 0.229 e. The van der Waals surface area contributed by atoms with E-state index in [9.17, 15) is 4.79 Å². The van der Waals surface area contributed by atoms with Gasteiger partial charge in [0.05, 0.1) is 12.4 Å². The van der Waals surface area contributed by atoms with E-state index in [2.05, 4.69) is 24.0 Å². The molecule has 2 rings (SSSR count). The summed E-state index contributed by atoms with van der Waals surface area (Å²) < 4.78 is 5.40. The van der Waals surface area contributed by atoms with Gasteiger partial charge < -0.3 is 10.1 Å². The van der Waals surface area contributed by atoms with Crippen molar-refractivity contribution in [2.24, 2.45) is 0 Å². The lowest BCUT2D eigenvalue weighted by Crippen LogP contribution is -2.23.